The van der Waals surface area contributed by atoms with E-state index in [1.165, 1.54) is 19.2 Å². The minimum atomic E-state index is -4.31. The SMILES string of the molecule is COc1ccc(C(Nc2ccn([C@@H]3O[C@@](/C=C(/F)P(=O)(OC)OC)(CCl)[C@@H](C)[C@H]3F)c(=O)n2)(c2ccccc2)c2ccc(OC)cc2)cc1. The summed E-state index contributed by atoms with van der Waals surface area (Å²) in [6.45, 7) is 1.45. The lowest BCUT2D eigenvalue weighted by atomic mass is 9.77. The molecule has 0 amide bonds. The molecule has 0 radical (unpaired) electrons. The summed E-state index contributed by atoms with van der Waals surface area (Å²) in [5, 5.41) is 3.50. The summed E-state index contributed by atoms with van der Waals surface area (Å²) in [7, 11) is 0.884. The van der Waals surface area contributed by atoms with Crippen molar-refractivity contribution in [3.8, 4) is 11.5 Å². The van der Waals surface area contributed by atoms with Gasteiger partial charge in [-0.1, -0.05) is 61.5 Å². The molecule has 14 heteroatoms. The Labute approximate surface area is 288 Å². The summed E-state index contributed by atoms with van der Waals surface area (Å²) < 4.78 is 70.9. The molecule has 49 heavy (non-hydrogen) atoms. The number of ether oxygens (including phenoxy) is 3. The Morgan fingerprint density at radius 2 is 1.49 bits per heavy atom. The molecule has 1 aromatic heterocycles. The van der Waals surface area contributed by atoms with Crippen molar-refractivity contribution in [2.45, 2.75) is 30.5 Å². The largest absolute Gasteiger partial charge is 0.497 e. The molecule has 1 fully saturated rings. The van der Waals surface area contributed by atoms with Crippen LogP contribution in [0.4, 0.5) is 14.6 Å². The van der Waals surface area contributed by atoms with Crippen molar-refractivity contribution in [2.24, 2.45) is 5.92 Å². The number of alkyl halides is 2. The highest BCUT2D eigenvalue weighted by molar-refractivity contribution is 7.58. The van der Waals surface area contributed by atoms with E-state index in [9.17, 15) is 9.36 Å². The van der Waals surface area contributed by atoms with Crippen LogP contribution in [0.15, 0.2) is 108 Å². The van der Waals surface area contributed by atoms with Gasteiger partial charge >= 0.3 is 13.3 Å². The van der Waals surface area contributed by atoms with Gasteiger partial charge in [-0.3, -0.25) is 9.13 Å². The molecule has 0 unspecified atom stereocenters. The molecule has 3 aromatic carbocycles. The number of hydrogen-bond acceptors (Lipinski definition) is 9. The maximum Gasteiger partial charge on any atom is 0.388 e. The molecular weight excluding hydrogens is 679 g/mol. The van der Waals surface area contributed by atoms with Crippen molar-refractivity contribution in [1.29, 1.82) is 0 Å². The van der Waals surface area contributed by atoms with E-state index in [0.29, 0.717) is 11.5 Å². The fraction of sp³-hybridized carbons (Fsp3) is 0.314. The summed E-state index contributed by atoms with van der Waals surface area (Å²) in [4.78, 5) is 17.9. The fourth-order valence-electron chi connectivity index (χ4n) is 5.97. The zero-order valence-electron chi connectivity index (χ0n) is 27.5. The van der Waals surface area contributed by atoms with Gasteiger partial charge < -0.3 is 28.6 Å². The number of benzene rings is 3. The first-order valence-electron chi connectivity index (χ1n) is 15.2. The molecule has 260 valence electrons. The lowest BCUT2D eigenvalue weighted by Crippen LogP contribution is -2.40. The molecule has 1 aliphatic rings. The molecule has 0 bridgehead atoms. The van der Waals surface area contributed by atoms with Gasteiger partial charge in [0.15, 0.2) is 12.4 Å². The van der Waals surface area contributed by atoms with Gasteiger partial charge in [-0.25, -0.2) is 9.18 Å². The predicted octanol–water partition coefficient (Wildman–Crippen LogP) is 7.44. The van der Waals surface area contributed by atoms with Crippen LogP contribution in [0, 0.1) is 5.92 Å². The van der Waals surface area contributed by atoms with Gasteiger partial charge in [0, 0.05) is 26.3 Å². The Balaban J connectivity index is 1.59. The lowest BCUT2D eigenvalue weighted by Gasteiger charge is -2.37. The highest BCUT2D eigenvalue weighted by Crippen LogP contribution is 2.57. The van der Waals surface area contributed by atoms with Gasteiger partial charge in [0.25, 0.3) is 0 Å². The molecule has 10 nitrogen and oxygen atoms in total. The average molecular weight is 716 g/mol. The zero-order valence-corrected chi connectivity index (χ0v) is 29.2. The molecule has 0 aliphatic carbocycles. The molecule has 2 heterocycles. The molecule has 4 atom stereocenters. The van der Waals surface area contributed by atoms with Gasteiger partial charge in [-0.2, -0.15) is 9.37 Å². The van der Waals surface area contributed by atoms with Crippen molar-refractivity contribution in [1.82, 2.24) is 9.55 Å². The third-order valence-corrected chi connectivity index (χ3v) is 10.9. The number of nitrogens with zero attached hydrogens (tertiary/aromatic N) is 2. The Kier molecular flexibility index (Phi) is 11.0. The predicted molar refractivity (Wildman–Crippen MR) is 183 cm³/mol. The topological polar surface area (TPSA) is 110 Å². The van der Waals surface area contributed by atoms with E-state index in [4.69, 9.17) is 34.9 Å². The van der Waals surface area contributed by atoms with E-state index in [-0.39, 0.29) is 5.82 Å². The zero-order chi connectivity index (χ0) is 35.4. The summed E-state index contributed by atoms with van der Waals surface area (Å²) in [6, 6.07) is 26.1. The molecule has 5 rings (SSSR count). The van der Waals surface area contributed by atoms with Crippen LogP contribution in [-0.4, -0.2) is 55.6 Å². The normalized spacial score (nSPS) is 21.4. The summed E-state index contributed by atoms with van der Waals surface area (Å²) in [6.07, 6.45) is -1.21. The minimum absolute atomic E-state index is 0.175. The molecule has 1 N–H and O–H groups in total. The fourth-order valence-corrected chi connectivity index (χ4v) is 7.22. The molecular formula is C35H37ClF2N3O7P. The van der Waals surface area contributed by atoms with Crippen molar-refractivity contribution in [2.75, 3.05) is 39.6 Å². The third-order valence-electron chi connectivity index (χ3n) is 8.85. The highest BCUT2D eigenvalue weighted by atomic mass is 35.5. The maximum absolute atomic E-state index is 15.9. The van der Waals surface area contributed by atoms with Crippen LogP contribution >= 0.6 is 19.2 Å². The molecule has 1 saturated heterocycles. The highest BCUT2D eigenvalue weighted by Gasteiger charge is 2.54. The first kappa shape index (κ1) is 36.2. The van der Waals surface area contributed by atoms with Gasteiger partial charge in [0.2, 0.25) is 5.57 Å². The van der Waals surface area contributed by atoms with Gasteiger partial charge in [-0.15, -0.1) is 11.6 Å². The van der Waals surface area contributed by atoms with Gasteiger partial charge in [-0.05, 0) is 53.1 Å². The molecule has 4 aromatic rings. The number of aromatic nitrogens is 2. The molecule has 1 aliphatic heterocycles. The number of anilines is 1. The lowest BCUT2D eigenvalue weighted by molar-refractivity contribution is -0.0518. The van der Waals surface area contributed by atoms with E-state index < -0.39 is 54.2 Å². The van der Waals surface area contributed by atoms with Crippen LogP contribution in [0.5, 0.6) is 11.5 Å². The second kappa shape index (κ2) is 14.8. The number of nitrogens with one attached hydrogen (secondary N) is 1. The van der Waals surface area contributed by atoms with Crippen molar-refractivity contribution in [3.63, 3.8) is 0 Å². The van der Waals surface area contributed by atoms with Crippen LogP contribution in [0.1, 0.15) is 29.8 Å². The third kappa shape index (κ3) is 6.76. The number of methoxy groups -OCH3 is 2. The Bertz CT molecular complexity index is 1820. The van der Waals surface area contributed by atoms with Crippen LogP contribution in [0.25, 0.3) is 0 Å². The van der Waals surface area contributed by atoms with E-state index in [2.05, 4.69) is 10.3 Å². The standard InChI is InChI=1S/C35H37ClF2N3O7P/c1-23-31(38)32(48-34(23,22-36)21-29(37)49(43,46-4)47-5)41-20-19-30(39-33(41)42)40-35(24-9-7-6-8-10-24,25-11-15-27(44-2)16-12-25)26-13-17-28(45-3)18-14-26/h6-21,23,31-32H,22H2,1-5H3,(H,39,40,42)/b29-21-/t23-,31+,32+,34-/m0/s1. The van der Waals surface area contributed by atoms with Crippen LogP contribution < -0.4 is 20.5 Å². The molecule has 0 saturated carbocycles. The van der Waals surface area contributed by atoms with E-state index >= 15 is 8.78 Å². The van der Waals surface area contributed by atoms with Gasteiger partial charge in [0.05, 0.1) is 20.1 Å². The van der Waals surface area contributed by atoms with Gasteiger partial charge in [0.1, 0.15) is 28.5 Å². The average Bonchev–Trinajstić information content (AvgIpc) is 3.39. The van der Waals surface area contributed by atoms with Crippen LogP contribution in [-0.2, 0) is 23.9 Å². The Morgan fingerprint density at radius 1 is 0.959 bits per heavy atom. The van der Waals surface area contributed by atoms with Crippen LogP contribution in [0.2, 0.25) is 0 Å². The second-order valence-electron chi connectivity index (χ2n) is 11.4. The first-order chi connectivity index (χ1) is 23.5. The summed E-state index contributed by atoms with van der Waals surface area (Å²) in [5.41, 5.74) is -2.57. The first-order valence-corrected chi connectivity index (χ1v) is 17.3. The Morgan fingerprint density at radius 3 is 1.96 bits per heavy atom. The second-order valence-corrected chi connectivity index (χ2v) is 13.8. The number of hydrogen-bond donors (Lipinski definition) is 1. The van der Waals surface area contributed by atoms with E-state index in [0.717, 1.165) is 41.6 Å². The smallest absolute Gasteiger partial charge is 0.388 e. The van der Waals surface area contributed by atoms with E-state index in [1.54, 1.807) is 14.2 Å². The van der Waals surface area contributed by atoms with Crippen molar-refractivity contribution in [3.05, 3.63) is 130 Å². The summed E-state index contributed by atoms with van der Waals surface area (Å²) in [5.74, 6) is -0.000283. The summed E-state index contributed by atoms with van der Waals surface area (Å²) >= 11 is 6.21. The molecule has 0 spiro atoms. The minimum Gasteiger partial charge on any atom is -0.497 e. The number of halogens is 3. The quantitative estimate of drug-likeness (QED) is 0.0858. The monoisotopic (exact) mass is 715 g/mol. The maximum atomic E-state index is 15.9. The number of rotatable bonds is 13. The van der Waals surface area contributed by atoms with Crippen LogP contribution in [0.3, 0.4) is 0 Å². The van der Waals surface area contributed by atoms with Crippen molar-refractivity contribution < 1.29 is 36.6 Å². The van der Waals surface area contributed by atoms with Crippen molar-refractivity contribution >= 4 is 25.0 Å². The van der Waals surface area contributed by atoms with E-state index in [1.807, 2.05) is 78.9 Å². The Hall–Kier alpha value is -4.06.